The van der Waals surface area contributed by atoms with Crippen LogP contribution in [0, 0.1) is 0 Å². The van der Waals surface area contributed by atoms with Gasteiger partial charge in [0.25, 0.3) is 0 Å². The number of urea groups is 1. The van der Waals surface area contributed by atoms with Crippen molar-refractivity contribution >= 4 is 17.4 Å². The number of hydrogen-bond acceptors (Lipinski definition) is 4. The molecular weight excluding hydrogens is 310 g/mol. The Morgan fingerprint density at radius 3 is 2.96 bits per heavy atom. The van der Waals surface area contributed by atoms with Gasteiger partial charge in [0.15, 0.2) is 0 Å². The number of amides is 2. The second-order valence-electron chi connectivity index (χ2n) is 5.97. The van der Waals surface area contributed by atoms with Gasteiger partial charge in [0, 0.05) is 35.8 Å². The Balaban J connectivity index is 1.55. The van der Waals surface area contributed by atoms with E-state index in [1.54, 1.807) is 17.7 Å². The smallest absolute Gasteiger partial charge is 0.317 e. The minimum atomic E-state index is 0.0170. The molecule has 0 spiro atoms. The molecule has 1 atom stereocenters. The van der Waals surface area contributed by atoms with Crippen LogP contribution >= 0.6 is 11.3 Å². The van der Waals surface area contributed by atoms with Crippen LogP contribution in [0.15, 0.2) is 18.5 Å². The van der Waals surface area contributed by atoms with Crippen LogP contribution in [0.4, 0.5) is 4.79 Å². The molecule has 1 fully saturated rings. The molecule has 1 N–H and O–H groups in total. The standard InChI is InChI=1S/C16H23N5OS/c1-3-13-6-7-14(23-13)9-17-16(22)21-8-4-5-12(10-21)15-19-18-11-20(15)2/h6-7,11-12H,3-5,8-10H2,1-2H3,(H,17,22)/t12-/m1/s1. The highest BCUT2D eigenvalue weighted by Crippen LogP contribution is 2.25. The number of carbonyl (C=O) groups is 1. The predicted molar refractivity (Wildman–Crippen MR) is 90.5 cm³/mol. The van der Waals surface area contributed by atoms with E-state index in [4.69, 9.17) is 0 Å². The summed E-state index contributed by atoms with van der Waals surface area (Å²) in [5.41, 5.74) is 0. The van der Waals surface area contributed by atoms with Gasteiger partial charge in [-0.05, 0) is 31.4 Å². The molecule has 23 heavy (non-hydrogen) atoms. The number of nitrogens with one attached hydrogen (secondary N) is 1. The molecule has 3 heterocycles. The highest BCUT2D eigenvalue weighted by Gasteiger charge is 2.27. The van der Waals surface area contributed by atoms with Crippen LogP contribution in [0.2, 0.25) is 0 Å². The lowest BCUT2D eigenvalue weighted by atomic mass is 9.97. The molecule has 3 rings (SSSR count). The first-order valence-corrected chi connectivity index (χ1v) is 8.93. The van der Waals surface area contributed by atoms with Gasteiger partial charge in [-0.15, -0.1) is 21.5 Å². The summed E-state index contributed by atoms with van der Waals surface area (Å²) in [6.07, 6.45) is 4.83. The Bertz CT molecular complexity index is 665. The van der Waals surface area contributed by atoms with Gasteiger partial charge in [0.2, 0.25) is 0 Å². The monoisotopic (exact) mass is 333 g/mol. The number of hydrogen-bond donors (Lipinski definition) is 1. The Hall–Kier alpha value is -1.89. The first-order valence-electron chi connectivity index (χ1n) is 8.11. The van der Waals surface area contributed by atoms with E-state index in [1.165, 1.54) is 9.75 Å². The van der Waals surface area contributed by atoms with Crippen molar-refractivity contribution in [1.82, 2.24) is 25.0 Å². The maximum Gasteiger partial charge on any atom is 0.317 e. The average Bonchev–Trinajstić information content (AvgIpc) is 3.21. The first kappa shape index (κ1) is 16.0. The lowest BCUT2D eigenvalue weighted by Crippen LogP contribution is -2.45. The first-order chi connectivity index (χ1) is 11.2. The summed E-state index contributed by atoms with van der Waals surface area (Å²) in [5, 5.41) is 11.2. The Labute approximate surface area is 140 Å². The number of likely N-dealkylation sites (tertiary alicyclic amines) is 1. The van der Waals surface area contributed by atoms with E-state index in [0.29, 0.717) is 13.1 Å². The average molecular weight is 333 g/mol. The van der Waals surface area contributed by atoms with Crippen LogP contribution in [0.1, 0.15) is 41.3 Å². The predicted octanol–water partition coefficient (Wildman–Crippen LogP) is 2.53. The molecule has 1 saturated heterocycles. The Kier molecular flexibility index (Phi) is 4.95. The van der Waals surface area contributed by atoms with Crippen molar-refractivity contribution in [3.8, 4) is 0 Å². The van der Waals surface area contributed by atoms with E-state index >= 15 is 0 Å². The van der Waals surface area contributed by atoms with Crippen molar-refractivity contribution in [3.05, 3.63) is 34.0 Å². The zero-order valence-corrected chi connectivity index (χ0v) is 14.5. The summed E-state index contributed by atoms with van der Waals surface area (Å²) in [6, 6.07) is 4.25. The van der Waals surface area contributed by atoms with Crippen molar-refractivity contribution in [2.45, 2.75) is 38.6 Å². The third kappa shape index (κ3) is 3.72. The fraction of sp³-hybridized carbons (Fsp3) is 0.562. The van der Waals surface area contributed by atoms with Gasteiger partial charge in [-0.1, -0.05) is 6.92 Å². The van der Waals surface area contributed by atoms with E-state index in [1.807, 2.05) is 16.5 Å². The molecule has 0 aromatic carbocycles. The molecule has 1 aliphatic heterocycles. The molecule has 0 unspecified atom stereocenters. The molecule has 124 valence electrons. The highest BCUT2D eigenvalue weighted by atomic mass is 32.1. The number of aryl methyl sites for hydroxylation is 2. The zero-order chi connectivity index (χ0) is 16.2. The second kappa shape index (κ2) is 7.12. The summed E-state index contributed by atoms with van der Waals surface area (Å²) in [6.45, 7) is 4.27. The molecule has 0 bridgehead atoms. The number of carbonyl (C=O) groups excluding carboxylic acids is 1. The van der Waals surface area contributed by atoms with Crippen LogP contribution in [-0.2, 0) is 20.0 Å². The second-order valence-corrected chi connectivity index (χ2v) is 7.22. The molecule has 2 amide bonds. The SMILES string of the molecule is CCc1ccc(CNC(=O)N2CCC[C@@H](c3nncn3C)C2)s1. The van der Waals surface area contributed by atoms with Crippen molar-refractivity contribution in [2.75, 3.05) is 13.1 Å². The highest BCUT2D eigenvalue weighted by molar-refractivity contribution is 7.11. The topological polar surface area (TPSA) is 63.1 Å². The summed E-state index contributed by atoms with van der Waals surface area (Å²) in [7, 11) is 1.95. The van der Waals surface area contributed by atoms with Crippen molar-refractivity contribution in [1.29, 1.82) is 0 Å². The van der Waals surface area contributed by atoms with Gasteiger partial charge >= 0.3 is 6.03 Å². The molecule has 6 nitrogen and oxygen atoms in total. The summed E-state index contributed by atoms with van der Waals surface area (Å²) in [5.74, 6) is 1.24. The van der Waals surface area contributed by atoms with Crippen molar-refractivity contribution < 1.29 is 4.79 Å². The molecule has 1 aliphatic rings. The van der Waals surface area contributed by atoms with Gasteiger partial charge in [-0.3, -0.25) is 0 Å². The fourth-order valence-electron chi connectivity index (χ4n) is 3.02. The van der Waals surface area contributed by atoms with Crippen LogP contribution in [0.25, 0.3) is 0 Å². The van der Waals surface area contributed by atoms with Crippen LogP contribution < -0.4 is 5.32 Å². The molecule has 0 aliphatic carbocycles. The molecule has 0 saturated carbocycles. The van der Waals surface area contributed by atoms with Crippen LogP contribution in [-0.4, -0.2) is 38.8 Å². The van der Waals surface area contributed by atoms with Crippen molar-refractivity contribution in [2.24, 2.45) is 7.05 Å². The number of rotatable bonds is 4. The molecule has 2 aromatic rings. The largest absolute Gasteiger partial charge is 0.333 e. The summed E-state index contributed by atoms with van der Waals surface area (Å²) < 4.78 is 1.95. The van der Waals surface area contributed by atoms with Crippen LogP contribution in [0.5, 0.6) is 0 Å². The Morgan fingerprint density at radius 1 is 1.43 bits per heavy atom. The summed E-state index contributed by atoms with van der Waals surface area (Å²) in [4.78, 5) is 16.9. The fourth-order valence-corrected chi connectivity index (χ4v) is 3.91. The number of thiophene rings is 1. The molecular formula is C16H23N5OS. The summed E-state index contributed by atoms with van der Waals surface area (Å²) >= 11 is 1.77. The maximum absolute atomic E-state index is 12.4. The lowest BCUT2D eigenvalue weighted by Gasteiger charge is -2.32. The van der Waals surface area contributed by atoms with E-state index in [2.05, 4.69) is 34.6 Å². The lowest BCUT2D eigenvalue weighted by molar-refractivity contribution is 0.177. The normalized spacial score (nSPS) is 18.2. The van der Waals surface area contributed by atoms with E-state index in [0.717, 1.165) is 31.6 Å². The molecule has 2 aromatic heterocycles. The molecule has 7 heteroatoms. The minimum absolute atomic E-state index is 0.0170. The number of nitrogens with zero attached hydrogens (tertiary/aromatic N) is 4. The van der Waals surface area contributed by atoms with Gasteiger partial charge in [-0.25, -0.2) is 4.79 Å². The third-order valence-corrected chi connectivity index (χ3v) is 5.53. The Morgan fingerprint density at radius 2 is 2.26 bits per heavy atom. The quantitative estimate of drug-likeness (QED) is 0.935. The minimum Gasteiger partial charge on any atom is -0.333 e. The third-order valence-electron chi connectivity index (χ3n) is 4.30. The number of aromatic nitrogens is 3. The van der Waals surface area contributed by atoms with Gasteiger partial charge < -0.3 is 14.8 Å². The van der Waals surface area contributed by atoms with Gasteiger partial charge in [0.1, 0.15) is 12.2 Å². The van der Waals surface area contributed by atoms with E-state index < -0.39 is 0 Å². The van der Waals surface area contributed by atoms with Crippen LogP contribution in [0.3, 0.4) is 0 Å². The van der Waals surface area contributed by atoms with Gasteiger partial charge in [-0.2, -0.15) is 0 Å². The van der Waals surface area contributed by atoms with E-state index in [-0.39, 0.29) is 11.9 Å². The number of piperidine rings is 1. The van der Waals surface area contributed by atoms with Gasteiger partial charge in [0.05, 0.1) is 6.54 Å². The van der Waals surface area contributed by atoms with E-state index in [9.17, 15) is 4.79 Å². The molecule has 0 radical (unpaired) electrons. The zero-order valence-electron chi connectivity index (χ0n) is 13.7. The van der Waals surface area contributed by atoms with Crippen molar-refractivity contribution in [3.63, 3.8) is 0 Å². The maximum atomic E-state index is 12.4.